The number of methoxy groups -OCH3 is 1. The molecule has 0 aromatic heterocycles. The van der Waals surface area contributed by atoms with Crippen LogP contribution in [0.5, 0.6) is 11.5 Å². The number of hydrogen-bond donors (Lipinski definition) is 0. The highest BCUT2D eigenvalue weighted by Gasteiger charge is 2.02. The third-order valence-electron chi connectivity index (χ3n) is 2.32. The largest absolute Gasteiger partial charge is 0.497 e. The zero-order valence-electron chi connectivity index (χ0n) is 9.52. The fourth-order valence-corrected chi connectivity index (χ4v) is 1.51. The molecule has 0 aliphatic rings. The molecule has 2 aromatic rings. The van der Waals surface area contributed by atoms with Gasteiger partial charge in [0.05, 0.1) is 7.11 Å². The lowest BCUT2D eigenvalue weighted by molar-refractivity contribution is 0.304. The van der Waals surface area contributed by atoms with Crippen molar-refractivity contribution >= 4 is 0 Å². The summed E-state index contributed by atoms with van der Waals surface area (Å²) in [4.78, 5) is 0. The second kappa shape index (κ2) is 5.34. The molecule has 2 nitrogen and oxygen atoms in total. The molecule has 0 bridgehead atoms. The molecule has 88 valence electrons. The van der Waals surface area contributed by atoms with Crippen LogP contribution >= 0.6 is 0 Å². The summed E-state index contributed by atoms with van der Waals surface area (Å²) in [5, 5.41) is 0. The van der Waals surface area contributed by atoms with E-state index < -0.39 is 0 Å². The molecule has 0 radical (unpaired) electrons. The standard InChI is InChI=1S/C14H13FO2/c1-16-14-8-11(7-12(15)9-14)10-17-13-5-3-2-4-6-13/h2-9H,10H2,1H3. The Balaban J connectivity index is 2.06. The first-order valence-electron chi connectivity index (χ1n) is 5.29. The predicted octanol–water partition coefficient (Wildman–Crippen LogP) is 3.41. The lowest BCUT2D eigenvalue weighted by atomic mass is 10.2. The molecule has 0 atom stereocenters. The topological polar surface area (TPSA) is 18.5 Å². The Bertz CT molecular complexity index is 483. The lowest BCUT2D eigenvalue weighted by Crippen LogP contribution is -1.97. The highest BCUT2D eigenvalue weighted by atomic mass is 19.1. The molecule has 0 heterocycles. The van der Waals surface area contributed by atoms with Crippen molar-refractivity contribution < 1.29 is 13.9 Å². The summed E-state index contributed by atoms with van der Waals surface area (Å²) in [6, 6.07) is 13.9. The van der Waals surface area contributed by atoms with Crippen LogP contribution in [0, 0.1) is 5.82 Å². The molecule has 0 saturated heterocycles. The van der Waals surface area contributed by atoms with Crippen LogP contribution in [0.15, 0.2) is 48.5 Å². The van der Waals surface area contributed by atoms with Gasteiger partial charge in [0, 0.05) is 6.07 Å². The fraction of sp³-hybridized carbons (Fsp3) is 0.143. The van der Waals surface area contributed by atoms with E-state index in [1.807, 2.05) is 30.3 Å². The van der Waals surface area contributed by atoms with E-state index in [9.17, 15) is 4.39 Å². The van der Waals surface area contributed by atoms with Crippen LogP contribution in [0.4, 0.5) is 4.39 Å². The molecule has 3 heteroatoms. The van der Waals surface area contributed by atoms with Gasteiger partial charge in [-0.05, 0) is 29.8 Å². The van der Waals surface area contributed by atoms with Crippen molar-refractivity contribution in [3.63, 3.8) is 0 Å². The number of rotatable bonds is 4. The van der Waals surface area contributed by atoms with Crippen molar-refractivity contribution in [3.8, 4) is 11.5 Å². The second-order valence-corrected chi connectivity index (χ2v) is 3.60. The summed E-state index contributed by atoms with van der Waals surface area (Å²) >= 11 is 0. The number of halogens is 1. The number of ether oxygens (including phenoxy) is 2. The molecule has 0 aliphatic heterocycles. The molecule has 0 unspecified atom stereocenters. The third kappa shape index (κ3) is 3.21. The molecule has 17 heavy (non-hydrogen) atoms. The van der Waals surface area contributed by atoms with E-state index in [0.29, 0.717) is 12.4 Å². The summed E-state index contributed by atoms with van der Waals surface area (Å²) in [6.07, 6.45) is 0. The Labute approximate surface area is 99.6 Å². The summed E-state index contributed by atoms with van der Waals surface area (Å²) < 4.78 is 23.7. The molecule has 2 rings (SSSR count). The summed E-state index contributed by atoms with van der Waals surface area (Å²) in [5.41, 5.74) is 0.741. The van der Waals surface area contributed by atoms with Crippen LogP contribution in [0.2, 0.25) is 0 Å². The first-order chi connectivity index (χ1) is 8.28. The van der Waals surface area contributed by atoms with Crippen molar-refractivity contribution in [2.24, 2.45) is 0 Å². The zero-order valence-corrected chi connectivity index (χ0v) is 9.52. The molecule has 2 aromatic carbocycles. The molecule has 0 saturated carbocycles. The van der Waals surface area contributed by atoms with E-state index in [-0.39, 0.29) is 5.82 Å². The number of para-hydroxylation sites is 1. The summed E-state index contributed by atoms with van der Waals surface area (Å²) in [5.74, 6) is 0.934. The van der Waals surface area contributed by atoms with Gasteiger partial charge >= 0.3 is 0 Å². The van der Waals surface area contributed by atoms with E-state index in [4.69, 9.17) is 9.47 Å². The third-order valence-corrected chi connectivity index (χ3v) is 2.32. The van der Waals surface area contributed by atoms with E-state index in [0.717, 1.165) is 11.3 Å². The van der Waals surface area contributed by atoms with Gasteiger partial charge in [0.2, 0.25) is 0 Å². The molecule has 0 aliphatic carbocycles. The quantitative estimate of drug-likeness (QED) is 0.804. The van der Waals surface area contributed by atoms with Crippen LogP contribution in [0.25, 0.3) is 0 Å². The van der Waals surface area contributed by atoms with Crippen LogP contribution in [-0.4, -0.2) is 7.11 Å². The maximum Gasteiger partial charge on any atom is 0.127 e. The van der Waals surface area contributed by atoms with Gasteiger partial charge in [-0.15, -0.1) is 0 Å². The smallest absolute Gasteiger partial charge is 0.127 e. The highest BCUT2D eigenvalue weighted by Crippen LogP contribution is 2.18. The van der Waals surface area contributed by atoms with Crippen molar-refractivity contribution in [1.29, 1.82) is 0 Å². The molecule has 0 N–H and O–H groups in total. The van der Waals surface area contributed by atoms with E-state index in [1.165, 1.54) is 19.2 Å². The summed E-state index contributed by atoms with van der Waals surface area (Å²) in [6.45, 7) is 0.318. The van der Waals surface area contributed by atoms with Crippen molar-refractivity contribution in [2.45, 2.75) is 6.61 Å². The number of hydrogen-bond acceptors (Lipinski definition) is 2. The Morgan fingerprint density at radius 2 is 1.76 bits per heavy atom. The molecular formula is C14H13FO2. The Morgan fingerprint density at radius 1 is 1.00 bits per heavy atom. The minimum absolute atomic E-state index is 0.318. The van der Waals surface area contributed by atoms with Crippen molar-refractivity contribution in [1.82, 2.24) is 0 Å². The van der Waals surface area contributed by atoms with Crippen molar-refractivity contribution in [2.75, 3.05) is 7.11 Å². The first kappa shape index (κ1) is 11.5. The van der Waals surface area contributed by atoms with Gasteiger partial charge in [-0.25, -0.2) is 4.39 Å². The normalized spacial score (nSPS) is 10.0. The average molecular weight is 232 g/mol. The number of benzene rings is 2. The van der Waals surface area contributed by atoms with Crippen LogP contribution < -0.4 is 9.47 Å². The SMILES string of the molecule is COc1cc(F)cc(COc2ccccc2)c1. The van der Waals surface area contributed by atoms with Gasteiger partial charge < -0.3 is 9.47 Å². The first-order valence-corrected chi connectivity index (χ1v) is 5.29. The van der Waals surface area contributed by atoms with Crippen molar-refractivity contribution in [3.05, 3.63) is 59.9 Å². The van der Waals surface area contributed by atoms with Gasteiger partial charge in [-0.2, -0.15) is 0 Å². The lowest BCUT2D eigenvalue weighted by Gasteiger charge is -2.07. The average Bonchev–Trinajstić information content (AvgIpc) is 2.37. The van der Waals surface area contributed by atoms with E-state index >= 15 is 0 Å². The second-order valence-electron chi connectivity index (χ2n) is 3.60. The van der Waals surface area contributed by atoms with E-state index in [2.05, 4.69) is 0 Å². The Morgan fingerprint density at radius 3 is 2.47 bits per heavy atom. The molecule has 0 fully saturated rings. The highest BCUT2D eigenvalue weighted by molar-refractivity contribution is 5.30. The van der Waals surface area contributed by atoms with Crippen LogP contribution in [0.1, 0.15) is 5.56 Å². The molecule has 0 spiro atoms. The van der Waals surface area contributed by atoms with Gasteiger partial charge in [-0.3, -0.25) is 0 Å². The van der Waals surface area contributed by atoms with Gasteiger partial charge in [0.15, 0.2) is 0 Å². The minimum Gasteiger partial charge on any atom is -0.497 e. The zero-order chi connectivity index (χ0) is 12.1. The maximum absolute atomic E-state index is 13.2. The van der Waals surface area contributed by atoms with Crippen LogP contribution in [-0.2, 0) is 6.61 Å². The van der Waals surface area contributed by atoms with Gasteiger partial charge in [0.1, 0.15) is 23.9 Å². The van der Waals surface area contributed by atoms with E-state index in [1.54, 1.807) is 6.07 Å². The molecule has 0 amide bonds. The minimum atomic E-state index is -0.323. The maximum atomic E-state index is 13.2. The fourth-order valence-electron chi connectivity index (χ4n) is 1.51. The van der Waals surface area contributed by atoms with Gasteiger partial charge in [-0.1, -0.05) is 18.2 Å². The van der Waals surface area contributed by atoms with Gasteiger partial charge in [0.25, 0.3) is 0 Å². The Hall–Kier alpha value is -2.03. The molecular weight excluding hydrogens is 219 g/mol. The Kier molecular flexibility index (Phi) is 3.60. The predicted molar refractivity (Wildman–Crippen MR) is 63.7 cm³/mol. The summed E-state index contributed by atoms with van der Waals surface area (Å²) in [7, 11) is 1.51. The van der Waals surface area contributed by atoms with Crippen LogP contribution in [0.3, 0.4) is 0 Å². The monoisotopic (exact) mass is 232 g/mol.